The van der Waals surface area contributed by atoms with Crippen LogP contribution in [0.15, 0.2) is 35.2 Å². The number of ether oxygens (including phenoxy) is 2. The number of sulfonamides is 1. The van der Waals surface area contributed by atoms with Crippen molar-refractivity contribution >= 4 is 34.0 Å². The lowest BCUT2D eigenvalue weighted by Crippen LogP contribution is -2.24. The molecule has 0 amide bonds. The Bertz CT molecular complexity index is 935. The van der Waals surface area contributed by atoms with Gasteiger partial charge in [0, 0.05) is 31.8 Å². The molecule has 0 saturated carbocycles. The van der Waals surface area contributed by atoms with Crippen molar-refractivity contribution in [2.24, 2.45) is 0 Å². The minimum Gasteiger partial charge on any atom is -0.486 e. The van der Waals surface area contributed by atoms with Crippen LogP contribution in [0.25, 0.3) is 0 Å². The minimum atomic E-state index is -3.77. The van der Waals surface area contributed by atoms with Crippen LogP contribution in [0.5, 0.6) is 11.5 Å². The summed E-state index contributed by atoms with van der Waals surface area (Å²) in [5.74, 6) is 0.848. The summed E-state index contributed by atoms with van der Waals surface area (Å²) in [6.45, 7) is 2.66. The highest BCUT2D eigenvalue weighted by molar-refractivity contribution is 7.89. The maximum Gasteiger partial charge on any atom is 0.242 e. The van der Waals surface area contributed by atoms with Crippen LogP contribution in [0.4, 0.5) is 0 Å². The quantitative estimate of drug-likeness (QED) is 0.800. The molecule has 6 nitrogen and oxygen atoms in total. The van der Waals surface area contributed by atoms with Crippen molar-refractivity contribution in [3.63, 3.8) is 0 Å². The van der Waals surface area contributed by atoms with Crippen LogP contribution in [0, 0.1) is 0 Å². The van der Waals surface area contributed by atoms with E-state index < -0.39 is 10.0 Å². The summed E-state index contributed by atoms with van der Waals surface area (Å²) in [6.07, 6.45) is 0. The molecule has 0 bridgehead atoms. The van der Waals surface area contributed by atoms with Crippen LogP contribution in [0.2, 0.25) is 5.02 Å². The van der Waals surface area contributed by atoms with Gasteiger partial charge in [-0.25, -0.2) is 13.1 Å². The monoisotopic (exact) mass is 416 g/mol. The summed E-state index contributed by atoms with van der Waals surface area (Å²) in [5, 5.41) is 3.37. The lowest BCUT2D eigenvalue weighted by Gasteiger charge is -2.20. The molecule has 0 atom stereocenters. The molecule has 2 aromatic rings. The van der Waals surface area contributed by atoms with Gasteiger partial charge < -0.3 is 14.8 Å². The molecule has 140 valence electrons. The molecular weight excluding hydrogens is 399 g/mol. The van der Waals surface area contributed by atoms with Gasteiger partial charge in [-0.2, -0.15) is 0 Å². The second-order valence-corrected chi connectivity index (χ2v) is 8.10. The normalized spacial score (nSPS) is 15.3. The van der Waals surface area contributed by atoms with E-state index >= 15 is 0 Å². The first kappa shape index (κ1) is 19.3. The molecule has 0 spiro atoms. The number of fused-ring (bicyclic) bond motifs is 2. The topological polar surface area (TPSA) is 76.7 Å². The highest BCUT2D eigenvalue weighted by atomic mass is 35.5. The molecular formula is C17H18Cl2N2O4S. The Morgan fingerprint density at radius 3 is 2.50 bits per heavy atom. The molecule has 26 heavy (non-hydrogen) atoms. The fourth-order valence-corrected chi connectivity index (χ4v) is 4.51. The Kier molecular flexibility index (Phi) is 5.64. The van der Waals surface area contributed by atoms with Gasteiger partial charge in [-0.15, -0.1) is 12.4 Å². The average Bonchev–Trinajstić information content (AvgIpc) is 3.07. The second-order valence-electron chi connectivity index (χ2n) is 5.96. The van der Waals surface area contributed by atoms with Crippen molar-refractivity contribution in [3.8, 4) is 11.5 Å². The van der Waals surface area contributed by atoms with Crippen molar-refractivity contribution in [3.05, 3.63) is 52.0 Å². The van der Waals surface area contributed by atoms with Crippen molar-refractivity contribution in [1.29, 1.82) is 0 Å². The Morgan fingerprint density at radius 2 is 1.73 bits per heavy atom. The van der Waals surface area contributed by atoms with Crippen LogP contribution in [-0.4, -0.2) is 21.6 Å². The molecule has 4 rings (SSSR count). The highest BCUT2D eigenvalue weighted by Gasteiger charge is 2.23. The third-order valence-corrected chi connectivity index (χ3v) is 6.12. The van der Waals surface area contributed by atoms with Crippen LogP contribution in [0.1, 0.15) is 16.7 Å². The van der Waals surface area contributed by atoms with E-state index in [0.717, 1.165) is 18.7 Å². The molecule has 2 N–H and O–H groups in total. The molecule has 0 fully saturated rings. The fourth-order valence-electron chi connectivity index (χ4n) is 2.97. The second kappa shape index (κ2) is 7.62. The van der Waals surface area contributed by atoms with E-state index in [1.54, 1.807) is 0 Å². The first-order chi connectivity index (χ1) is 12.0. The van der Waals surface area contributed by atoms with Gasteiger partial charge in [0.15, 0.2) is 11.5 Å². The number of nitrogens with one attached hydrogen (secondary N) is 2. The third kappa shape index (κ3) is 3.77. The van der Waals surface area contributed by atoms with Crippen molar-refractivity contribution in [2.45, 2.75) is 24.5 Å². The van der Waals surface area contributed by atoms with E-state index in [1.165, 1.54) is 23.3 Å². The number of halogens is 2. The first-order valence-corrected chi connectivity index (χ1v) is 9.79. The molecule has 0 aliphatic carbocycles. The predicted molar refractivity (Wildman–Crippen MR) is 101 cm³/mol. The smallest absolute Gasteiger partial charge is 0.242 e. The predicted octanol–water partition coefficient (Wildman–Crippen LogP) is 2.61. The number of rotatable bonds is 4. The molecule has 9 heteroatoms. The van der Waals surface area contributed by atoms with Crippen LogP contribution >= 0.6 is 24.0 Å². The summed E-state index contributed by atoms with van der Waals surface area (Å²) in [5.41, 5.74) is 3.36. The Hall–Kier alpha value is -1.51. The van der Waals surface area contributed by atoms with Gasteiger partial charge in [0.2, 0.25) is 10.0 Å². The Labute approximate surface area is 163 Å². The average molecular weight is 417 g/mol. The van der Waals surface area contributed by atoms with Gasteiger partial charge in [0.1, 0.15) is 18.1 Å². The van der Waals surface area contributed by atoms with Gasteiger partial charge in [-0.05, 0) is 16.7 Å². The Balaban J connectivity index is 0.00000196. The van der Waals surface area contributed by atoms with E-state index in [2.05, 4.69) is 10.0 Å². The largest absolute Gasteiger partial charge is 0.486 e. The van der Waals surface area contributed by atoms with Gasteiger partial charge in [0.25, 0.3) is 0 Å². The van der Waals surface area contributed by atoms with Gasteiger partial charge in [-0.1, -0.05) is 29.8 Å². The van der Waals surface area contributed by atoms with Gasteiger partial charge in [0.05, 0.1) is 5.02 Å². The van der Waals surface area contributed by atoms with E-state index in [0.29, 0.717) is 24.7 Å². The van der Waals surface area contributed by atoms with Crippen molar-refractivity contribution < 1.29 is 17.9 Å². The molecule has 2 aliphatic rings. The zero-order valence-corrected chi connectivity index (χ0v) is 16.1. The van der Waals surface area contributed by atoms with Crippen LogP contribution in [0.3, 0.4) is 0 Å². The molecule has 2 aromatic carbocycles. The molecule has 0 aromatic heterocycles. The first-order valence-electron chi connectivity index (χ1n) is 7.93. The SMILES string of the molecule is Cl.O=S(=O)(NCc1ccc2c(c1)CNC2)c1cc2c(cc1Cl)OCCO2. The van der Waals surface area contributed by atoms with Crippen LogP contribution in [-0.2, 0) is 29.7 Å². The number of benzene rings is 2. The molecule has 2 aliphatic heterocycles. The molecule has 0 unspecified atom stereocenters. The fraction of sp³-hybridized carbons (Fsp3) is 0.294. The summed E-state index contributed by atoms with van der Waals surface area (Å²) in [6, 6.07) is 8.86. The Morgan fingerprint density at radius 1 is 1.04 bits per heavy atom. The zero-order chi connectivity index (χ0) is 17.4. The lowest BCUT2D eigenvalue weighted by atomic mass is 10.1. The van der Waals surface area contributed by atoms with E-state index in [4.69, 9.17) is 21.1 Å². The minimum absolute atomic E-state index is 0. The number of hydrogen-bond acceptors (Lipinski definition) is 5. The molecule has 0 saturated heterocycles. The van der Waals surface area contributed by atoms with Gasteiger partial charge >= 0.3 is 0 Å². The molecule has 2 heterocycles. The summed E-state index contributed by atoms with van der Waals surface area (Å²) >= 11 is 6.14. The zero-order valence-electron chi connectivity index (χ0n) is 13.7. The van der Waals surface area contributed by atoms with Gasteiger partial charge in [-0.3, -0.25) is 0 Å². The highest BCUT2D eigenvalue weighted by Crippen LogP contribution is 2.37. The third-order valence-electron chi connectivity index (χ3n) is 4.25. The lowest BCUT2D eigenvalue weighted by molar-refractivity contribution is 0.171. The van der Waals surface area contributed by atoms with Crippen molar-refractivity contribution in [2.75, 3.05) is 13.2 Å². The van der Waals surface area contributed by atoms with Crippen LogP contribution < -0.4 is 19.5 Å². The van der Waals surface area contributed by atoms with Crippen molar-refractivity contribution in [1.82, 2.24) is 10.0 Å². The summed E-state index contributed by atoms with van der Waals surface area (Å²) < 4.78 is 38.7. The standard InChI is InChI=1S/C17H17ClN2O4S.ClH/c18-14-6-15-16(24-4-3-23-15)7-17(14)25(21,22)20-8-11-1-2-12-9-19-10-13(12)5-11;/h1-2,5-7,19-20H,3-4,8-10H2;1H. The maximum atomic E-state index is 12.6. The number of hydrogen-bond donors (Lipinski definition) is 2. The maximum absolute atomic E-state index is 12.6. The summed E-state index contributed by atoms with van der Waals surface area (Å²) in [7, 11) is -3.77. The summed E-state index contributed by atoms with van der Waals surface area (Å²) in [4.78, 5) is -0.0127. The molecule has 0 radical (unpaired) electrons. The van der Waals surface area contributed by atoms with E-state index in [9.17, 15) is 8.42 Å². The van der Waals surface area contributed by atoms with E-state index in [-0.39, 0.29) is 28.9 Å². The van der Waals surface area contributed by atoms with E-state index in [1.807, 2.05) is 18.2 Å².